The molecule has 0 spiro atoms. The molecule has 14 heavy (non-hydrogen) atoms. The van der Waals surface area contributed by atoms with Gasteiger partial charge in [-0.15, -0.1) is 11.3 Å². The predicted molar refractivity (Wildman–Crippen MR) is 59.9 cm³/mol. The molecule has 0 saturated carbocycles. The monoisotopic (exact) mass is 225 g/mol. The summed E-state index contributed by atoms with van der Waals surface area (Å²) in [6, 6.07) is 2.36. The minimum absolute atomic E-state index is 0.244. The van der Waals surface area contributed by atoms with Crippen LogP contribution in [0.25, 0.3) is 0 Å². The van der Waals surface area contributed by atoms with Crippen LogP contribution in [0.15, 0.2) is 17.8 Å². The minimum atomic E-state index is 0.244. The van der Waals surface area contributed by atoms with E-state index in [2.05, 4.69) is 20.7 Å². The normalized spacial score (nSPS) is 13.0. The zero-order valence-corrected chi connectivity index (χ0v) is 9.65. The van der Waals surface area contributed by atoms with Gasteiger partial charge in [0.1, 0.15) is 0 Å². The molecule has 74 valence electrons. The van der Waals surface area contributed by atoms with Crippen molar-refractivity contribution >= 4 is 22.9 Å². The summed E-state index contributed by atoms with van der Waals surface area (Å²) < 4.78 is 4.28. The fraction of sp³-hybridized carbons (Fsp3) is 0.333. The lowest BCUT2D eigenvalue weighted by Crippen LogP contribution is -2.15. The van der Waals surface area contributed by atoms with Gasteiger partial charge in [0.2, 0.25) is 0 Å². The molecule has 2 rings (SSSR count). The third-order valence-corrected chi connectivity index (χ3v) is 3.74. The van der Waals surface area contributed by atoms with Crippen molar-refractivity contribution in [1.29, 1.82) is 0 Å². The Morgan fingerprint density at radius 3 is 2.79 bits per heavy atom. The van der Waals surface area contributed by atoms with Crippen molar-refractivity contribution in [3.8, 4) is 0 Å². The fourth-order valence-electron chi connectivity index (χ4n) is 1.31. The second-order valence-corrected chi connectivity index (χ2v) is 4.75. The van der Waals surface area contributed by atoms with Gasteiger partial charge in [-0.2, -0.15) is 4.37 Å². The Morgan fingerprint density at radius 2 is 2.29 bits per heavy atom. The summed E-state index contributed by atoms with van der Waals surface area (Å²) in [7, 11) is 1.96. The Balaban J connectivity index is 2.31. The van der Waals surface area contributed by atoms with Gasteiger partial charge in [0, 0.05) is 16.0 Å². The van der Waals surface area contributed by atoms with E-state index in [1.54, 1.807) is 22.9 Å². The highest BCUT2D eigenvalue weighted by Crippen LogP contribution is 2.27. The van der Waals surface area contributed by atoms with Gasteiger partial charge in [0.15, 0.2) is 0 Å². The molecule has 5 heteroatoms. The van der Waals surface area contributed by atoms with Crippen LogP contribution in [0, 0.1) is 6.92 Å². The molecule has 0 aliphatic carbocycles. The van der Waals surface area contributed by atoms with Crippen LogP contribution in [0.5, 0.6) is 0 Å². The van der Waals surface area contributed by atoms with Gasteiger partial charge < -0.3 is 5.32 Å². The minimum Gasteiger partial charge on any atom is -0.308 e. The lowest BCUT2D eigenvalue weighted by atomic mass is 10.2. The van der Waals surface area contributed by atoms with Gasteiger partial charge in [-0.3, -0.25) is 4.98 Å². The smallest absolute Gasteiger partial charge is 0.0795 e. The van der Waals surface area contributed by atoms with E-state index in [4.69, 9.17) is 0 Å². The average molecular weight is 225 g/mol. The number of aryl methyl sites for hydroxylation is 1. The van der Waals surface area contributed by atoms with Crippen molar-refractivity contribution in [3.05, 3.63) is 33.2 Å². The summed E-state index contributed by atoms with van der Waals surface area (Å²) >= 11 is 3.21. The topological polar surface area (TPSA) is 37.8 Å². The maximum Gasteiger partial charge on any atom is 0.0795 e. The van der Waals surface area contributed by atoms with Crippen LogP contribution in [-0.4, -0.2) is 16.4 Å². The van der Waals surface area contributed by atoms with Crippen LogP contribution in [0.2, 0.25) is 0 Å². The molecule has 2 aromatic heterocycles. The summed E-state index contributed by atoms with van der Waals surface area (Å²) in [5, 5.41) is 3.27. The van der Waals surface area contributed by atoms with E-state index in [-0.39, 0.29) is 6.04 Å². The quantitative estimate of drug-likeness (QED) is 0.870. The molecule has 0 saturated heterocycles. The van der Waals surface area contributed by atoms with Crippen molar-refractivity contribution in [2.24, 2.45) is 0 Å². The Kier molecular flexibility index (Phi) is 2.90. The van der Waals surface area contributed by atoms with Crippen LogP contribution in [0.3, 0.4) is 0 Å². The van der Waals surface area contributed by atoms with E-state index in [0.29, 0.717) is 0 Å². The van der Waals surface area contributed by atoms with Crippen molar-refractivity contribution in [2.75, 3.05) is 7.05 Å². The molecule has 0 aliphatic heterocycles. The molecule has 2 heterocycles. The number of thiazole rings is 1. The van der Waals surface area contributed by atoms with E-state index in [9.17, 15) is 0 Å². The molecule has 3 nitrogen and oxygen atoms in total. The lowest BCUT2D eigenvalue weighted by Gasteiger charge is -2.10. The molecule has 0 fully saturated rings. The highest BCUT2D eigenvalue weighted by Gasteiger charge is 2.15. The van der Waals surface area contributed by atoms with Gasteiger partial charge >= 0.3 is 0 Å². The average Bonchev–Trinajstić information content (AvgIpc) is 2.79. The van der Waals surface area contributed by atoms with Crippen molar-refractivity contribution < 1.29 is 0 Å². The zero-order valence-electron chi connectivity index (χ0n) is 8.02. The zero-order chi connectivity index (χ0) is 9.97. The van der Waals surface area contributed by atoms with Crippen molar-refractivity contribution in [2.45, 2.75) is 13.0 Å². The molecule has 0 bridgehead atoms. The molecule has 2 aromatic rings. The van der Waals surface area contributed by atoms with Gasteiger partial charge in [0.25, 0.3) is 0 Å². The molecular weight excluding hydrogens is 214 g/mol. The van der Waals surface area contributed by atoms with Gasteiger partial charge in [0.05, 0.1) is 17.2 Å². The second kappa shape index (κ2) is 4.16. The first-order chi connectivity index (χ1) is 6.81. The number of nitrogens with one attached hydrogen (secondary N) is 1. The highest BCUT2D eigenvalue weighted by molar-refractivity contribution is 7.10. The van der Waals surface area contributed by atoms with Crippen molar-refractivity contribution in [1.82, 2.24) is 14.7 Å². The van der Waals surface area contributed by atoms with Crippen LogP contribution in [0.4, 0.5) is 0 Å². The number of rotatable bonds is 3. The van der Waals surface area contributed by atoms with Crippen LogP contribution in [-0.2, 0) is 0 Å². The molecule has 0 amide bonds. The molecule has 0 aliphatic rings. The van der Waals surface area contributed by atoms with Crippen LogP contribution in [0.1, 0.15) is 21.5 Å². The molecular formula is C9H11N3S2. The van der Waals surface area contributed by atoms with Gasteiger partial charge in [-0.1, -0.05) is 0 Å². The standard InChI is InChI=1S/C9H11N3S2/c1-6-3-7(14-12-6)9(10-2)8-4-11-5-13-8/h3-5,9-10H,1-2H3. The summed E-state index contributed by atoms with van der Waals surface area (Å²) in [5.74, 6) is 0. The van der Waals surface area contributed by atoms with Crippen LogP contribution < -0.4 is 5.32 Å². The first kappa shape index (κ1) is 9.76. The lowest BCUT2D eigenvalue weighted by molar-refractivity contribution is 0.714. The number of aromatic nitrogens is 2. The number of nitrogens with zero attached hydrogens (tertiary/aromatic N) is 2. The Hall–Kier alpha value is -0.780. The van der Waals surface area contributed by atoms with E-state index in [1.165, 1.54) is 9.75 Å². The largest absolute Gasteiger partial charge is 0.308 e. The van der Waals surface area contributed by atoms with Crippen molar-refractivity contribution in [3.63, 3.8) is 0 Å². The van der Waals surface area contributed by atoms with Gasteiger partial charge in [-0.05, 0) is 31.6 Å². The number of hydrogen-bond donors (Lipinski definition) is 1. The Bertz CT molecular complexity index is 394. The summed E-state index contributed by atoms with van der Waals surface area (Å²) in [5.41, 5.74) is 2.93. The molecule has 0 aromatic carbocycles. The second-order valence-electron chi connectivity index (χ2n) is 3.00. The Morgan fingerprint density at radius 1 is 1.43 bits per heavy atom. The molecule has 1 atom stereocenters. The predicted octanol–water partition coefficient (Wildman–Crippen LogP) is 2.22. The third-order valence-electron chi connectivity index (χ3n) is 1.96. The summed E-state index contributed by atoms with van der Waals surface area (Å²) in [6.07, 6.45) is 1.90. The third kappa shape index (κ3) is 1.84. The Labute approximate surface area is 91.0 Å². The SMILES string of the molecule is CNC(c1cncs1)c1cc(C)ns1. The van der Waals surface area contributed by atoms with Crippen LogP contribution >= 0.6 is 22.9 Å². The first-order valence-electron chi connectivity index (χ1n) is 4.30. The molecule has 1 unspecified atom stereocenters. The van der Waals surface area contributed by atoms with E-state index >= 15 is 0 Å². The summed E-state index contributed by atoms with van der Waals surface area (Å²) in [6.45, 7) is 2.01. The van der Waals surface area contributed by atoms with E-state index in [1.807, 2.05) is 25.7 Å². The molecule has 0 radical (unpaired) electrons. The maximum atomic E-state index is 4.28. The maximum absolute atomic E-state index is 4.28. The number of hydrogen-bond acceptors (Lipinski definition) is 5. The van der Waals surface area contributed by atoms with Gasteiger partial charge in [-0.25, -0.2) is 0 Å². The fourth-order valence-corrected chi connectivity index (χ4v) is 3.01. The molecule has 1 N–H and O–H groups in total. The van der Waals surface area contributed by atoms with E-state index < -0.39 is 0 Å². The van der Waals surface area contributed by atoms with E-state index in [0.717, 1.165) is 5.69 Å². The highest BCUT2D eigenvalue weighted by atomic mass is 32.1. The first-order valence-corrected chi connectivity index (χ1v) is 5.95. The summed E-state index contributed by atoms with van der Waals surface area (Å²) in [4.78, 5) is 6.56.